The molecule has 0 aromatic heterocycles. The zero-order chi connectivity index (χ0) is 17.5. The third-order valence-corrected chi connectivity index (χ3v) is 12.9. The summed E-state index contributed by atoms with van der Waals surface area (Å²) in [7, 11) is -1.80. The summed E-state index contributed by atoms with van der Waals surface area (Å²) in [4.78, 5) is 0. The number of hydrogen-bond donors (Lipinski definition) is 0. The van der Waals surface area contributed by atoms with Crippen LogP contribution < -0.4 is 10.4 Å². The number of benzene rings is 2. The quantitative estimate of drug-likeness (QED) is 0.767. The van der Waals surface area contributed by atoms with Gasteiger partial charge in [0.15, 0.2) is 0 Å². The van der Waals surface area contributed by atoms with E-state index in [4.69, 9.17) is 0 Å². The summed E-state index contributed by atoms with van der Waals surface area (Å²) in [5.41, 5.74) is 0.353. The van der Waals surface area contributed by atoms with Crippen LogP contribution in [-0.4, -0.2) is 37.8 Å². The molecule has 2 aromatic carbocycles. The SMILES string of the molecule is CC(C)(C)N1[Si](c2ccccc2)N(C(C)(C)C)[Si]1c1ccccc1. The van der Waals surface area contributed by atoms with Crippen LogP contribution in [0.15, 0.2) is 60.7 Å². The van der Waals surface area contributed by atoms with E-state index in [2.05, 4.69) is 111 Å². The second kappa shape index (κ2) is 6.26. The first-order chi connectivity index (χ1) is 11.2. The van der Waals surface area contributed by atoms with Crippen molar-refractivity contribution in [1.29, 1.82) is 0 Å². The van der Waals surface area contributed by atoms with Gasteiger partial charge in [-0.15, -0.1) is 0 Å². The van der Waals surface area contributed by atoms with E-state index < -0.39 is 18.2 Å². The maximum absolute atomic E-state index is 2.85. The van der Waals surface area contributed by atoms with Crippen molar-refractivity contribution in [2.75, 3.05) is 0 Å². The fourth-order valence-electron chi connectivity index (χ4n) is 3.32. The molecule has 0 unspecified atom stereocenters. The lowest BCUT2D eigenvalue weighted by atomic mass is 10.1. The monoisotopic (exact) mass is 352 g/mol. The van der Waals surface area contributed by atoms with Gasteiger partial charge in [-0.3, -0.25) is 0 Å². The Kier molecular flexibility index (Phi) is 4.59. The van der Waals surface area contributed by atoms with Crippen LogP contribution in [-0.2, 0) is 0 Å². The van der Waals surface area contributed by atoms with E-state index in [1.807, 2.05) is 0 Å². The topological polar surface area (TPSA) is 6.48 Å². The standard InChI is InChI=1S/C20H28N2Si2/c1-19(2,3)21-23(17-13-9-7-10-14-17)22(20(4,5)6)24(21)18-15-11-8-12-16-18/h7-16H,1-6H3. The molecule has 1 saturated heterocycles. The van der Waals surface area contributed by atoms with Crippen molar-refractivity contribution >= 4 is 28.6 Å². The number of hydrogen-bond acceptors (Lipinski definition) is 2. The van der Waals surface area contributed by atoms with Crippen molar-refractivity contribution in [1.82, 2.24) is 8.46 Å². The third kappa shape index (κ3) is 3.16. The Bertz CT molecular complexity index is 605. The molecule has 24 heavy (non-hydrogen) atoms. The highest BCUT2D eigenvalue weighted by molar-refractivity contribution is 6.98. The molecule has 0 bridgehead atoms. The Morgan fingerprint density at radius 2 is 0.833 bits per heavy atom. The van der Waals surface area contributed by atoms with Crippen LogP contribution in [0.3, 0.4) is 0 Å². The molecule has 126 valence electrons. The Balaban J connectivity index is 2.10. The minimum atomic E-state index is -0.901. The van der Waals surface area contributed by atoms with E-state index in [-0.39, 0.29) is 11.1 Å². The lowest BCUT2D eigenvalue weighted by Gasteiger charge is -2.64. The van der Waals surface area contributed by atoms with E-state index in [0.717, 1.165) is 0 Å². The predicted octanol–water partition coefficient (Wildman–Crippen LogP) is 2.99. The maximum Gasteiger partial charge on any atom is 0.255 e. The molecule has 3 rings (SSSR count). The molecule has 0 saturated carbocycles. The maximum atomic E-state index is 2.85. The van der Waals surface area contributed by atoms with E-state index in [9.17, 15) is 0 Å². The zero-order valence-electron chi connectivity index (χ0n) is 15.7. The summed E-state index contributed by atoms with van der Waals surface area (Å²) >= 11 is 0. The van der Waals surface area contributed by atoms with Gasteiger partial charge >= 0.3 is 0 Å². The van der Waals surface area contributed by atoms with Crippen molar-refractivity contribution in [3.05, 3.63) is 60.7 Å². The summed E-state index contributed by atoms with van der Waals surface area (Å²) < 4.78 is 5.69. The van der Waals surface area contributed by atoms with Gasteiger partial charge in [-0.05, 0) is 51.9 Å². The van der Waals surface area contributed by atoms with Crippen molar-refractivity contribution in [2.24, 2.45) is 0 Å². The highest BCUT2D eigenvalue weighted by atomic mass is 28.4. The van der Waals surface area contributed by atoms with Gasteiger partial charge in [0.05, 0.1) is 0 Å². The average molecular weight is 353 g/mol. The minimum Gasteiger partial charge on any atom is -0.310 e. The molecule has 2 nitrogen and oxygen atoms in total. The van der Waals surface area contributed by atoms with Crippen LogP contribution >= 0.6 is 0 Å². The molecule has 2 aromatic rings. The molecule has 0 spiro atoms. The molecule has 0 N–H and O–H groups in total. The zero-order valence-corrected chi connectivity index (χ0v) is 17.7. The van der Waals surface area contributed by atoms with E-state index in [1.165, 1.54) is 10.4 Å². The smallest absolute Gasteiger partial charge is 0.255 e. The van der Waals surface area contributed by atoms with Gasteiger partial charge in [-0.2, -0.15) is 0 Å². The first kappa shape index (κ1) is 17.6. The molecule has 0 amide bonds. The number of nitrogens with zero attached hydrogens (tertiary/aromatic N) is 2. The van der Waals surface area contributed by atoms with Gasteiger partial charge in [0.25, 0.3) is 18.2 Å². The van der Waals surface area contributed by atoms with Gasteiger partial charge in [0.2, 0.25) is 0 Å². The van der Waals surface area contributed by atoms with Crippen LogP contribution in [0.4, 0.5) is 0 Å². The fraction of sp³-hybridized carbons (Fsp3) is 0.400. The van der Waals surface area contributed by atoms with Crippen LogP contribution in [0.5, 0.6) is 0 Å². The Hall–Kier alpha value is -1.21. The first-order valence-corrected chi connectivity index (χ1v) is 11.5. The van der Waals surface area contributed by atoms with Crippen LogP contribution in [0.1, 0.15) is 41.5 Å². The Morgan fingerprint density at radius 3 is 1.08 bits per heavy atom. The minimum absolute atomic E-state index is 0.177. The predicted molar refractivity (Wildman–Crippen MR) is 107 cm³/mol. The Morgan fingerprint density at radius 1 is 0.542 bits per heavy atom. The van der Waals surface area contributed by atoms with Gasteiger partial charge in [-0.1, -0.05) is 60.7 Å². The molecule has 0 aliphatic carbocycles. The lowest BCUT2D eigenvalue weighted by Crippen LogP contribution is -2.90. The average Bonchev–Trinajstić information content (AvgIpc) is 2.45. The third-order valence-electron chi connectivity index (χ3n) is 4.25. The fourth-order valence-corrected chi connectivity index (χ4v) is 12.0. The van der Waals surface area contributed by atoms with Crippen molar-refractivity contribution in [3.63, 3.8) is 0 Å². The van der Waals surface area contributed by atoms with Gasteiger partial charge < -0.3 is 8.46 Å². The lowest BCUT2D eigenvalue weighted by molar-refractivity contribution is 0.231. The summed E-state index contributed by atoms with van der Waals surface area (Å²) in [5.74, 6) is 0. The van der Waals surface area contributed by atoms with E-state index in [0.29, 0.717) is 0 Å². The van der Waals surface area contributed by atoms with Crippen molar-refractivity contribution in [2.45, 2.75) is 52.6 Å². The Labute approximate surface area is 150 Å². The molecule has 0 atom stereocenters. The van der Waals surface area contributed by atoms with Gasteiger partial charge in [-0.25, -0.2) is 0 Å². The van der Waals surface area contributed by atoms with Crippen LogP contribution in [0, 0.1) is 0 Å². The van der Waals surface area contributed by atoms with Gasteiger partial charge in [0.1, 0.15) is 0 Å². The molecule has 4 heteroatoms. The highest BCUT2D eigenvalue weighted by Crippen LogP contribution is 2.34. The van der Waals surface area contributed by atoms with E-state index in [1.54, 1.807) is 0 Å². The summed E-state index contributed by atoms with van der Waals surface area (Å²) in [6, 6.07) is 22.2. The number of rotatable bonds is 2. The molecule has 1 fully saturated rings. The molecular formula is C20H28N2Si2. The summed E-state index contributed by atoms with van der Waals surface area (Å²) in [6.07, 6.45) is 0. The summed E-state index contributed by atoms with van der Waals surface area (Å²) in [6.45, 7) is 14.2. The second-order valence-corrected chi connectivity index (χ2v) is 13.5. The van der Waals surface area contributed by atoms with Crippen molar-refractivity contribution in [3.8, 4) is 0 Å². The molecule has 2 radical (unpaired) electrons. The first-order valence-electron chi connectivity index (χ1n) is 8.66. The molecule has 1 aliphatic rings. The van der Waals surface area contributed by atoms with Crippen LogP contribution in [0.25, 0.3) is 0 Å². The van der Waals surface area contributed by atoms with Gasteiger partial charge in [0, 0.05) is 11.1 Å². The largest absolute Gasteiger partial charge is 0.310 e. The van der Waals surface area contributed by atoms with E-state index >= 15 is 0 Å². The highest BCUT2D eigenvalue weighted by Gasteiger charge is 2.59. The molecular weight excluding hydrogens is 324 g/mol. The molecule has 1 aliphatic heterocycles. The molecule has 1 heterocycles. The second-order valence-electron chi connectivity index (χ2n) is 8.39. The normalized spacial score (nSPS) is 18.6. The summed E-state index contributed by atoms with van der Waals surface area (Å²) in [5, 5.41) is 2.99. The van der Waals surface area contributed by atoms with Crippen LogP contribution in [0.2, 0.25) is 0 Å². The van der Waals surface area contributed by atoms with Crippen molar-refractivity contribution < 1.29 is 0 Å².